The number of carbonyl (C=O) groups is 1. The van der Waals surface area contributed by atoms with Gasteiger partial charge in [0.25, 0.3) is 0 Å². The van der Waals surface area contributed by atoms with Gasteiger partial charge in [0.2, 0.25) is 0 Å². The number of rotatable bonds is 2. The first-order chi connectivity index (χ1) is 7.87. The van der Waals surface area contributed by atoms with Crippen LogP contribution in [0.3, 0.4) is 0 Å². The number of esters is 1. The van der Waals surface area contributed by atoms with Crippen molar-refractivity contribution < 1.29 is 9.53 Å². The summed E-state index contributed by atoms with van der Waals surface area (Å²) in [6, 6.07) is 1.93. The molecule has 1 rings (SSSR count). The van der Waals surface area contributed by atoms with Crippen molar-refractivity contribution >= 4 is 30.0 Å². The minimum Gasteiger partial charge on any atom is -0.465 e. The highest BCUT2D eigenvalue weighted by molar-refractivity contribution is 7.15. The highest BCUT2D eigenvalue weighted by atomic mass is 32.1. The monoisotopic (exact) mass is 247 g/mol. The molecule has 0 unspecified atom stereocenters. The molecule has 89 valence electrons. The fourth-order valence-electron chi connectivity index (χ4n) is 1.18. The molecule has 0 saturated heterocycles. The van der Waals surface area contributed by atoms with Gasteiger partial charge < -0.3 is 4.74 Å². The predicted octanol–water partition coefficient (Wildman–Crippen LogP) is 2.31. The Kier molecular flexibility index (Phi) is 4.42. The van der Waals surface area contributed by atoms with Crippen LogP contribution in [0.1, 0.15) is 35.3 Å². The Bertz CT molecular complexity index is 472. The third-order valence-electron chi connectivity index (χ3n) is 2.00. The number of hydrogen-bond donors (Lipinski definition) is 0. The molecule has 0 N–H and O–H groups in total. The Hall–Kier alpha value is -1.21. The van der Waals surface area contributed by atoms with Gasteiger partial charge in [-0.1, -0.05) is 24.1 Å². The Morgan fingerprint density at radius 2 is 2.12 bits per heavy atom. The van der Waals surface area contributed by atoms with Crippen molar-refractivity contribution in [3.63, 3.8) is 0 Å². The van der Waals surface area contributed by atoms with Crippen molar-refractivity contribution in [3.8, 4) is 11.8 Å². The van der Waals surface area contributed by atoms with E-state index in [-0.39, 0.29) is 11.4 Å². The fraction of sp³-hybridized carbons (Fsp3) is 0.462. The average Bonchev–Trinajstić information content (AvgIpc) is 2.67. The molecule has 1 aromatic rings. The van der Waals surface area contributed by atoms with Crippen LogP contribution in [0.5, 0.6) is 0 Å². The van der Waals surface area contributed by atoms with Crippen molar-refractivity contribution in [3.05, 3.63) is 15.8 Å². The summed E-state index contributed by atoms with van der Waals surface area (Å²) >= 11 is 1.38. The van der Waals surface area contributed by atoms with Gasteiger partial charge in [0.05, 0.1) is 12.0 Å². The van der Waals surface area contributed by atoms with Gasteiger partial charge in [0.15, 0.2) is 7.28 Å². The van der Waals surface area contributed by atoms with Crippen LogP contribution in [0.4, 0.5) is 0 Å². The van der Waals surface area contributed by atoms with Gasteiger partial charge in [-0.25, -0.2) is 4.79 Å². The highest BCUT2D eigenvalue weighted by Gasteiger charge is 2.15. The van der Waals surface area contributed by atoms with Crippen molar-refractivity contribution in [2.45, 2.75) is 27.6 Å². The second-order valence-corrected chi connectivity index (χ2v) is 5.73. The molecule has 0 aliphatic heterocycles. The summed E-state index contributed by atoms with van der Waals surface area (Å²) in [4.78, 5) is 13.0. The summed E-state index contributed by atoms with van der Waals surface area (Å²) in [6.45, 7) is 8.07. The van der Waals surface area contributed by atoms with Gasteiger partial charge in [-0.2, -0.15) is 0 Å². The van der Waals surface area contributed by atoms with Gasteiger partial charge >= 0.3 is 5.97 Å². The lowest BCUT2D eigenvalue weighted by atomic mass is 9.73. The van der Waals surface area contributed by atoms with Gasteiger partial charge in [-0.15, -0.1) is 11.3 Å². The largest absolute Gasteiger partial charge is 0.465 e. The molecule has 0 aliphatic rings. The average molecular weight is 247 g/mol. The van der Waals surface area contributed by atoms with E-state index in [4.69, 9.17) is 4.74 Å². The SMILES string of the molecule is C[B]c1cc(C#CC(C)(C)C)sc1C(=O)OC. The molecular formula is C13H16BO2S. The smallest absolute Gasteiger partial charge is 0.347 e. The van der Waals surface area contributed by atoms with Crippen LogP contribution < -0.4 is 5.46 Å². The van der Waals surface area contributed by atoms with Gasteiger partial charge in [0, 0.05) is 5.41 Å². The first-order valence-corrected chi connectivity index (χ1v) is 6.23. The van der Waals surface area contributed by atoms with E-state index in [2.05, 4.69) is 32.6 Å². The third-order valence-corrected chi connectivity index (χ3v) is 3.05. The maximum Gasteiger partial charge on any atom is 0.347 e. The van der Waals surface area contributed by atoms with Crippen molar-refractivity contribution in [1.82, 2.24) is 0 Å². The maximum atomic E-state index is 11.5. The molecule has 0 fully saturated rings. The third kappa shape index (κ3) is 3.94. The minimum atomic E-state index is -0.299. The zero-order chi connectivity index (χ0) is 13.1. The molecule has 17 heavy (non-hydrogen) atoms. The Balaban J connectivity index is 3.08. The zero-order valence-electron chi connectivity index (χ0n) is 10.9. The molecule has 0 atom stereocenters. The molecule has 0 spiro atoms. The second-order valence-electron chi connectivity index (χ2n) is 4.68. The number of ether oxygens (including phenoxy) is 1. The van der Waals surface area contributed by atoms with Crippen LogP contribution in [0.2, 0.25) is 6.82 Å². The molecule has 0 amide bonds. The maximum absolute atomic E-state index is 11.5. The van der Waals surface area contributed by atoms with Crippen molar-refractivity contribution in [2.75, 3.05) is 7.11 Å². The van der Waals surface area contributed by atoms with Crippen LogP contribution in [0.25, 0.3) is 0 Å². The quantitative estimate of drug-likeness (QED) is 0.455. The Morgan fingerprint density at radius 3 is 2.59 bits per heavy atom. The first kappa shape index (κ1) is 13.9. The van der Waals surface area contributed by atoms with E-state index in [0.717, 1.165) is 10.3 Å². The van der Waals surface area contributed by atoms with E-state index in [0.29, 0.717) is 4.88 Å². The molecule has 0 aromatic carbocycles. The molecule has 0 saturated carbocycles. The van der Waals surface area contributed by atoms with Crippen LogP contribution in [0, 0.1) is 17.3 Å². The summed E-state index contributed by atoms with van der Waals surface area (Å²) in [5, 5.41) is 0. The summed E-state index contributed by atoms with van der Waals surface area (Å²) < 4.78 is 4.74. The predicted molar refractivity (Wildman–Crippen MR) is 73.2 cm³/mol. The van der Waals surface area contributed by atoms with Gasteiger partial charge in [-0.05, 0) is 26.8 Å². The van der Waals surface area contributed by atoms with Gasteiger partial charge in [0.1, 0.15) is 4.88 Å². The molecule has 0 bridgehead atoms. The minimum absolute atomic E-state index is 0.0362. The number of thiophene rings is 1. The summed E-state index contributed by atoms with van der Waals surface area (Å²) in [7, 11) is 3.28. The van der Waals surface area contributed by atoms with E-state index in [1.807, 2.05) is 20.2 Å². The molecule has 2 nitrogen and oxygen atoms in total. The number of methoxy groups -OCH3 is 1. The van der Waals surface area contributed by atoms with E-state index in [1.165, 1.54) is 18.4 Å². The number of carbonyl (C=O) groups excluding carboxylic acids is 1. The highest BCUT2D eigenvalue weighted by Crippen LogP contribution is 2.16. The lowest BCUT2D eigenvalue weighted by molar-refractivity contribution is 0.0607. The lowest BCUT2D eigenvalue weighted by Gasteiger charge is -2.06. The van der Waals surface area contributed by atoms with E-state index >= 15 is 0 Å². The van der Waals surface area contributed by atoms with Crippen molar-refractivity contribution in [2.24, 2.45) is 5.41 Å². The van der Waals surface area contributed by atoms with Crippen LogP contribution in [0.15, 0.2) is 6.07 Å². The van der Waals surface area contributed by atoms with Gasteiger partial charge in [-0.3, -0.25) is 0 Å². The summed E-state index contributed by atoms with van der Waals surface area (Å²) in [6.07, 6.45) is 0. The van der Waals surface area contributed by atoms with Crippen molar-refractivity contribution in [1.29, 1.82) is 0 Å². The fourth-order valence-corrected chi connectivity index (χ4v) is 2.15. The van der Waals surface area contributed by atoms with E-state index in [9.17, 15) is 4.79 Å². The molecule has 1 radical (unpaired) electrons. The second kappa shape index (κ2) is 5.42. The van der Waals surface area contributed by atoms with Crippen LogP contribution >= 0.6 is 11.3 Å². The first-order valence-electron chi connectivity index (χ1n) is 5.42. The van der Waals surface area contributed by atoms with E-state index < -0.39 is 0 Å². The summed E-state index contributed by atoms with van der Waals surface area (Å²) in [5.41, 5.74) is 0.853. The number of hydrogen-bond acceptors (Lipinski definition) is 3. The normalized spacial score (nSPS) is 10.4. The van der Waals surface area contributed by atoms with E-state index in [1.54, 1.807) is 0 Å². The lowest BCUT2D eigenvalue weighted by Crippen LogP contribution is -2.17. The Labute approximate surface area is 108 Å². The standard InChI is InChI=1S/C13H16BO2S/c1-13(2,3)7-6-9-8-10(14-4)11(17-9)12(15)16-5/h8H,1-5H3. The van der Waals surface area contributed by atoms with Crippen LogP contribution in [-0.4, -0.2) is 20.4 Å². The molecule has 1 heterocycles. The molecule has 4 heteroatoms. The molecule has 1 aromatic heterocycles. The topological polar surface area (TPSA) is 26.3 Å². The van der Waals surface area contributed by atoms with Crippen LogP contribution in [-0.2, 0) is 4.74 Å². The molecular weight excluding hydrogens is 231 g/mol. The zero-order valence-corrected chi connectivity index (χ0v) is 11.7. The molecule has 0 aliphatic carbocycles. The summed E-state index contributed by atoms with van der Waals surface area (Å²) in [5.74, 6) is 5.95. The Morgan fingerprint density at radius 1 is 1.47 bits per heavy atom.